The van der Waals surface area contributed by atoms with Gasteiger partial charge >= 0.3 is 12.1 Å². The molecule has 174 valence electrons. The summed E-state index contributed by atoms with van der Waals surface area (Å²) < 4.78 is 48.2. The highest BCUT2D eigenvalue weighted by atomic mass is 19.4. The topological polar surface area (TPSA) is 91.7 Å². The highest BCUT2D eigenvalue weighted by Crippen LogP contribution is 2.47. The second-order valence-corrected chi connectivity index (χ2v) is 9.15. The van der Waals surface area contributed by atoms with Crippen molar-refractivity contribution in [1.82, 2.24) is 10.2 Å². The number of hydrogen-bond donors (Lipinski definition) is 1. The fourth-order valence-corrected chi connectivity index (χ4v) is 5.11. The van der Waals surface area contributed by atoms with Crippen molar-refractivity contribution < 1.29 is 32.2 Å². The molecule has 0 aromatic carbocycles. The fourth-order valence-electron chi connectivity index (χ4n) is 5.11. The second-order valence-electron chi connectivity index (χ2n) is 9.15. The number of nitriles is 1. The average Bonchev–Trinajstić information content (AvgIpc) is 3.22. The Morgan fingerprint density at radius 1 is 1.23 bits per heavy atom. The predicted molar refractivity (Wildman–Crippen MR) is 104 cm³/mol. The summed E-state index contributed by atoms with van der Waals surface area (Å²) >= 11 is 0. The lowest BCUT2D eigenvalue weighted by Gasteiger charge is -2.49. The van der Waals surface area contributed by atoms with Gasteiger partial charge in [0.2, 0.25) is 5.91 Å². The van der Waals surface area contributed by atoms with Gasteiger partial charge in [0.1, 0.15) is 12.6 Å². The van der Waals surface area contributed by atoms with Gasteiger partial charge in [-0.2, -0.15) is 18.4 Å². The number of nitrogens with one attached hydrogen (secondary N) is 1. The largest absolute Gasteiger partial charge is 0.490 e. The lowest BCUT2D eigenvalue weighted by atomic mass is 9.64. The van der Waals surface area contributed by atoms with E-state index < -0.39 is 36.4 Å². The number of carbonyl (C=O) groups is 2. The van der Waals surface area contributed by atoms with Crippen LogP contribution >= 0.6 is 0 Å². The first-order valence-corrected chi connectivity index (χ1v) is 10.9. The van der Waals surface area contributed by atoms with Crippen LogP contribution in [0.15, 0.2) is 0 Å². The molecule has 1 aliphatic carbocycles. The van der Waals surface area contributed by atoms with Crippen LogP contribution in [0.5, 0.6) is 0 Å². The molecule has 10 heteroatoms. The smallest absolute Gasteiger partial charge is 0.457 e. The fraction of sp³-hybridized carbons (Fsp3) is 0.857. The summed E-state index contributed by atoms with van der Waals surface area (Å²) in [6, 6.07) is 0.944. The van der Waals surface area contributed by atoms with Gasteiger partial charge in [-0.05, 0) is 63.7 Å². The average molecular weight is 445 g/mol. The van der Waals surface area contributed by atoms with E-state index in [4.69, 9.17) is 4.74 Å². The van der Waals surface area contributed by atoms with E-state index in [2.05, 4.69) is 16.1 Å². The summed E-state index contributed by atoms with van der Waals surface area (Å²) in [5.74, 6) is -2.47. The number of ether oxygens (including phenoxy) is 2. The molecule has 2 aliphatic heterocycles. The first-order chi connectivity index (χ1) is 14.6. The molecule has 0 radical (unpaired) electrons. The molecule has 2 heterocycles. The maximum Gasteiger partial charge on any atom is 0.490 e. The van der Waals surface area contributed by atoms with Crippen LogP contribution in [-0.2, 0) is 19.1 Å². The van der Waals surface area contributed by atoms with Crippen molar-refractivity contribution in [2.75, 3.05) is 26.4 Å². The summed E-state index contributed by atoms with van der Waals surface area (Å²) in [5, 5.41) is 12.5. The number of esters is 1. The molecule has 1 saturated carbocycles. The second kappa shape index (κ2) is 9.33. The Kier molecular flexibility index (Phi) is 7.16. The van der Waals surface area contributed by atoms with Gasteiger partial charge in [-0.25, -0.2) is 4.79 Å². The minimum Gasteiger partial charge on any atom is -0.457 e. The SMILES string of the molecule is CC(NC1(COC(=O)C(F)(F)F)CCC2(CCOCC2)CC1)C(=O)N1CCC[C@H]1C#N. The number of halogens is 3. The quantitative estimate of drug-likeness (QED) is 0.655. The van der Waals surface area contributed by atoms with Crippen molar-refractivity contribution in [2.45, 2.75) is 82.1 Å². The van der Waals surface area contributed by atoms with Crippen LogP contribution in [0.2, 0.25) is 0 Å². The third kappa shape index (κ3) is 5.50. The van der Waals surface area contributed by atoms with Gasteiger partial charge in [-0.15, -0.1) is 0 Å². The summed E-state index contributed by atoms with van der Waals surface area (Å²) in [6.45, 7) is 3.03. The molecule has 3 rings (SSSR count). The molecule has 1 spiro atoms. The molecule has 1 amide bonds. The van der Waals surface area contributed by atoms with Crippen LogP contribution in [0.3, 0.4) is 0 Å². The highest BCUT2D eigenvalue weighted by molar-refractivity contribution is 5.82. The maximum atomic E-state index is 12.9. The third-order valence-electron chi connectivity index (χ3n) is 7.11. The minimum absolute atomic E-state index is 0.0889. The maximum absolute atomic E-state index is 12.9. The van der Waals surface area contributed by atoms with E-state index in [0.717, 1.165) is 32.1 Å². The van der Waals surface area contributed by atoms with Crippen molar-refractivity contribution in [2.24, 2.45) is 5.41 Å². The van der Waals surface area contributed by atoms with Gasteiger partial charge in [0.15, 0.2) is 0 Å². The molecule has 31 heavy (non-hydrogen) atoms. The van der Waals surface area contributed by atoms with Crippen LogP contribution in [0.25, 0.3) is 0 Å². The van der Waals surface area contributed by atoms with Gasteiger partial charge in [0, 0.05) is 19.8 Å². The molecule has 7 nitrogen and oxygen atoms in total. The van der Waals surface area contributed by atoms with E-state index in [-0.39, 0.29) is 11.3 Å². The zero-order chi connectivity index (χ0) is 22.7. The first kappa shape index (κ1) is 23.8. The number of amides is 1. The van der Waals surface area contributed by atoms with E-state index in [1.807, 2.05) is 0 Å². The summed E-state index contributed by atoms with van der Waals surface area (Å²) in [7, 11) is 0. The lowest BCUT2D eigenvalue weighted by molar-refractivity contribution is -0.202. The molecular weight excluding hydrogens is 415 g/mol. The number of rotatable bonds is 5. The van der Waals surface area contributed by atoms with E-state index in [1.54, 1.807) is 6.92 Å². The number of alkyl halides is 3. The van der Waals surface area contributed by atoms with Crippen molar-refractivity contribution in [3.05, 3.63) is 0 Å². The normalized spacial score (nSPS) is 26.3. The first-order valence-electron chi connectivity index (χ1n) is 10.9. The van der Waals surface area contributed by atoms with Crippen LogP contribution in [0, 0.1) is 16.7 Å². The molecule has 0 bridgehead atoms. The van der Waals surface area contributed by atoms with E-state index in [9.17, 15) is 28.0 Å². The van der Waals surface area contributed by atoms with E-state index >= 15 is 0 Å². The van der Waals surface area contributed by atoms with Crippen molar-refractivity contribution in [3.8, 4) is 6.07 Å². The molecular formula is C21H30F3N3O4. The van der Waals surface area contributed by atoms with Gasteiger partial charge < -0.3 is 14.4 Å². The number of likely N-dealkylation sites (tertiary alicyclic amines) is 1. The lowest BCUT2D eigenvalue weighted by Crippen LogP contribution is -2.60. The molecule has 0 aromatic rings. The molecule has 3 aliphatic rings. The van der Waals surface area contributed by atoms with Crippen LogP contribution in [-0.4, -0.2) is 66.9 Å². The molecule has 2 saturated heterocycles. The molecule has 3 fully saturated rings. The summed E-state index contributed by atoms with van der Waals surface area (Å²) in [4.78, 5) is 25.8. The number of hydrogen-bond acceptors (Lipinski definition) is 6. The Labute approximate surface area is 180 Å². The van der Waals surface area contributed by atoms with Crippen molar-refractivity contribution >= 4 is 11.9 Å². The number of nitrogens with zero attached hydrogens (tertiary/aromatic N) is 2. The Bertz CT molecular complexity index is 706. The van der Waals surface area contributed by atoms with Crippen LogP contribution < -0.4 is 5.32 Å². The Hall–Kier alpha value is -1.86. The minimum atomic E-state index is -5.06. The molecule has 1 N–H and O–H groups in total. The van der Waals surface area contributed by atoms with Crippen LogP contribution in [0.1, 0.15) is 58.3 Å². The predicted octanol–water partition coefficient (Wildman–Crippen LogP) is 2.69. The standard InChI is InChI=1S/C21H30F3N3O4/c1-15(17(28)27-10-2-3-16(27)13-25)26-20(14-31-18(29)21(22,23)24)6-4-19(5-7-20)8-11-30-12-9-19/h15-16,26H,2-12,14H2,1H3/t15?,16-/m0/s1. The van der Waals surface area contributed by atoms with Gasteiger partial charge in [-0.1, -0.05) is 0 Å². The summed E-state index contributed by atoms with van der Waals surface area (Å²) in [6.07, 6.45) is 0.624. The third-order valence-corrected chi connectivity index (χ3v) is 7.11. The monoisotopic (exact) mass is 445 g/mol. The Morgan fingerprint density at radius 2 is 1.87 bits per heavy atom. The molecule has 2 atom stereocenters. The molecule has 0 aromatic heterocycles. The Morgan fingerprint density at radius 3 is 2.45 bits per heavy atom. The zero-order valence-corrected chi connectivity index (χ0v) is 17.8. The highest BCUT2D eigenvalue weighted by Gasteiger charge is 2.48. The van der Waals surface area contributed by atoms with Crippen LogP contribution in [0.4, 0.5) is 13.2 Å². The zero-order valence-electron chi connectivity index (χ0n) is 17.8. The Balaban J connectivity index is 1.70. The van der Waals surface area contributed by atoms with Crippen molar-refractivity contribution in [1.29, 1.82) is 5.26 Å². The molecule has 1 unspecified atom stereocenters. The van der Waals surface area contributed by atoms with E-state index in [0.29, 0.717) is 39.0 Å². The summed E-state index contributed by atoms with van der Waals surface area (Å²) in [5.41, 5.74) is -0.826. The van der Waals surface area contributed by atoms with E-state index in [1.165, 1.54) is 4.90 Å². The van der Waals surface area contributed by atoms with Gasteiger partial charge in [-0.3, -0.25) is 10.1 Å². The van der Waals surface area contributed by atoms with Gasteiger partial charge in [0.25, 0.3) is 0 Å². The van der Waals surface area contributed by atoms with Gasteiger partial charge in [0.05, 0.1) is 17.6 Å². The number of carbonyl (C=O) groups excluding carboxylic acids is 2. The van der Waals surface area contributed by atoms with Crippen molar-refractivity contribution in [3.63, 3.8) is 0 Å².